The van der Waals surface area contributed by atoms with E-state index < -0.39 is 0 Å². The molecule has 0 rings (SSSR count). The summed E-state index contributed by atoms with van der Waals surface area (Å²) in [6, 6.07) is 0. The predicted molar refractivity (Wildman–Crippen MR) is 568 cm³/mol. The molecule has 68 heteroatoms. The first-order chi connectivity index (χ1) is 30.9. The normalized spacial score (nSPS) is 16.2. The van der Waals surface area contributed by atoms with Crippen molar-refractivity contribution in [3.8, 4) is 0 Å². The van der Waals surface area contributed by atoms with Gasteiger partial charge in [0.25, 0.3) is 0 Å². The fourth-order valence-corrected chi connectivity index (χ4v) is 984. The Morgan fingerprint density at radius 1 is 0.0882 bits per heavy atom. The van der Waals surface area contributed by atoms with Gasteiger partial charge in [0.15, 0.2) is 0 Å². The van der Waals surface area contributed by atoms with Crippen LogP contribution in [0.1, 0.15) is 0 Å². The molecule has 68 heavy (non-hydrogen) atoms. The Hall–Kier alpha value is 29.2. The third-order valence-corrected chi connectivity index (χ3v) is 483. The fraction of sp³-hybridized carbons (Fsp3) is 0. The molecule has 0 aliphatic rings. The van der Waals surface area contributed by atoms with Crippen LogP contribution >= 0.6 is 543 Å². The topological polar surface area (TPSA) is 0 Å². The molecule has 0 aliphatic carbocycles. The van der Waals surface area contributed by atoms with Gasteiger partial charge >= 0.3 is 0 Å². The number of rotatable bonds is 32. The number of hydrogen-bond acceptors (Lipinski definition) is 0. The van der Waals surface area contributed by atoms with Crippen LogP contribution in [0.5, 0.6) is 0 Å². The molecular weight excluding hydrogens is 2110 g/mol. The standard InChI is InChI=1S/H70P68/c1-36(2)53(35)62(54(37(3)4)38(5)6)66(61(51(31)32)52(33)34)68(65(59(47(23)24)48(25)26)60(49(27)28)50(29)30)67(63(55(39(7)8)40(9)10)56(41(11)12)42(13)14)64(57(43(15)16)44(17)18)58(45(19)20)46(21)22/h1-35H2. The fourth-order valence-electron chi connectivity index (χ4n) is 4.05. The molecule has 0 saturated heterocycles. The van der Waals surface area contributed by atoms with Crippen LogP contribution in [0.25, 0.3) is 0 Å². The van der Waals surface area contributed by atoms with E-state index in [2.05, 4.69) is 312 Å². The van der Waals surface area contributed by atoms with Gasteiger partial charge < -0.3 is 0 Å². The minimum absolute atomic E-state index is 0.211. The first-order valence-corrected chi connectivity index (χ1v) is 139. The van der Waals surface area contributed by atoms with Crippen molar-refractivity contribution < 1.29 is 0 Å². The van der Waals surface area contributed by atoms with Gasteiger partial charge in [0.1, 0.15) is 0 Å². The van der Waals surface area contributed by atoms with E-state index in [0.717, 1.165) is 0 Å². The van der Waals surface area contributed by atoms with Crippen molar-refractivity contribution in [1.82, 2.24) is 0 Å². The van der Waals surface area contributed by atoms with Crippen molar-refractivity contribution in [1.29, 1.82) is 0 Å². The van der Waals surface area contributed by atoms with Crippen LogP contribution in [0.2, 0.25) is 0 Å². The lowest BCUT2D eigenvalue weighted by atomic mass is 28.4. The molecule has 0 N–H and O–H groups in total. The van der Waals surface area contributed by atoms with Crippen LogP contribution in [-0.2, 0) is 0 Å². The second-order valence-corrected chi connectivity index (χ2v) is 292. The Kier molecular flexibility index (Phi) is 75.9. The quantitative estimate of drug-likeness (QED) is 0.0589. The predicted octanol–water partition coefficient (Wildman–Crippen LogP) is 39.8. The van der Waals surface area contributed by atoms with Gasteiger partial charge in [-0.25, -0.2) is 0 Å². The van der Waals surface area contributed by atoms with Gasteiger partial charge in [-0.2, -0.15) is 0 Å². The molecule has 0 radical (unpaired) electrons. The summed E-state index contributed by atoms with van der Waals surface area (Å²) < 4.78 is 0. The molecule has 0 aromatic rings. The van der Waals surface area contributed by atoms with Crippen molar-refractivity contribution >= 4 is 543 Å². The third-order valence-electron chi connectivity index (χ3n) is 5.96. The summed E-state index contributed by atoms with van der Waals surface area (Å²) in [6.07, 6.45) is 0. The summed E-state index contributed by atoms with van der Waals surface area (Å²) in [4.78, 5) is 0. The average Bonchev–Trinajstić information content (AvgIpc) is 3.11. The van der Waals surface area contributed by atoms with Gasteiger partial charge in [-0.05, 0) is 231 Å². The maximum atomic E-state index is 3.81. The van der Waals surface area contributed by atoms with E-state index in [1.54, 1.807) is 0 Å². The lowest BCUT2D eigenvalue weighted by Gasteiger charge is -2.61. The first kappa shape index (κ1) is 97.2. The number of hydrogen-bond donors (Lipinski definition) is 0. The second kappa shape index (κ2) is 53.1. The van der Waals surface area contributed by atoms with Crippen LogP contribution in [0.4, 0.5) is 0 Å². The van der Waals surface area contributed by atoms with Crippen molar-refractivity contribution in [2.45, 2.75) is 0 Å². The Morgan fingerprint density at radius 3 is 0.279 bits per heavy atom. The van der Waals surface area contributed by atoms with Crippen LogP contribution in [0, 0.1) is 0 Å². The average molecular weight is 2180 g/mol. The van der Waals surface area contributed by atoms with Crippen molar-refractivity contribution in [3.05, 3.63) is 0 Å². The van der Waals surface area contributed by atoms with Gasteiger partial charge in [0, 0.05) is 0 Å². The second-order valence-electron chi connectivity index (χ2n) is 10.8. The maximum Gasteiger partial charge on any atom is -0.00000876 e. The zero-order valence-corrected chi connectivity index (χ0v) is 105. The Balaban J connectivity index is 11.5. The highest BCUT2D eigenvalue weighted by molar-refractivity contribution is 9.56. The van der Waals surface area contributed by atoms with Crippen LogP contribution in [-0.4, -0.2) is 0 Å². The zero-order valence-electron chi connectivity index (χ0n) is 35.0. The monoisotopic (exact) mass is 2180 g/mol. The molecule has 0 aromatic carbocycles. The van der Waals surface area contributed by atoms with E-state index in [-0.39, 0.29) is 231 Å². The van der Waals surface area contributed by atoms with Gasteiger partial charge in [-0.15, -0.1) is 312 Å². The van der Waals surface area contributed by atoms with Gasteiger partial charge in [0.2, 0.25) is 0 Å². The van der Waals surface area contributed by atoms with Crippen molar-refractivity contribution in [2.75, 3.05) is 0 Å². The van der Waals surface area contributed by atoms with Gasteiger partial charge in [-0.3, -0.25) is 0 Å². The Labute approximate surface area is 534 Å². The summed E-state index contributed by atoms with van der Waals surface area (Å²) in [5, 5.41) is 0. The van der Waals surface area contributed by atoms with Crippen LogP contribution < -0.4 is 0 Å². The highest BCUT2D eigenvalue weighted by Gasteiger charge is 2.62. The van der Waals surface area contributed by atoms with E-state index >= 15 is 0 Å². The highest BCUT2D eigenvalue weighted by Crippen LogP contribution is 3.50. The van der Waals surface area contributed by atoms with Crippen LogP contribution in [0.3, 0.4) is 0 Å². The molecule has 0 nitrogen and oxygen atoms in total. The molecule has 0 aromatic heterocycles. The van der Waals surface area contributed by atoms with Crippen LogP contribution in [0.15, 0.2) is 0 Å². The molecule has 0 bridgehead atoms. The van der Waals surface area contributed by atoms with Crippen molar-refractivity contribution in [2.24, 2.45) is 0 Å². The molecule has 0 fully saturated rings. The molecule has 0 spiro atoms. The van der Waals surface area contributed by atoms with Gasteiger partial charge in [0.05, 0.1) is 0 Å². The Bertz CT molecular complexity index is 1110. The summed E-state index contributed by atoms with van der Waals surface area (Å²) in [6.45, 7) is -9.23. The van der Waals surface area contributed by atoms with E-state index in [1.807, 2.05) is 0 Å². The summed E-state index contributed by atoms with van der Waals surface area (Å²) in [7, 11) is 126. The molecule has 39 atom stereocenters. The first-order valence-electron chi connectivity index (χ1n) is 15.4. The molecular formula is H70P68. The zero-order chi connectivity index (χ0) is 54.1. The largest absolute Gasteiger partial charge is 0.102 e. The summed E-state index contributed by atoms with van der Waals surface area (Å²) in [5.74, 6) is 0. The summed E-state index contributed by atoms with van der Waals surface area (Å²) >= 11 is 0. The van der Waals surface area contributed by atoms with Gasteiger partial charge in [-0.1, -0.05) is 0 Å². The minimum atomic E-state index is -0.350. The molecule has 0 amide bonds. The van der Waals surface area contributed by atoms with E-state index in [0.29, 0.717) is 0 Å². The minimum Gasteiger partial charge on any atom is -0.102 e. The SMILES string of the molecule is PP(P)P(P)P(P(P(P)P)P(P)P)P(P(P(P)P)P(P)P)P(P(P(P(P)P)P(P)P)P(P(P)P)P(P)P)P(P(P(P(P)P)P(P)P)P(P(P)P)P(P)P)P(P(P(P)P)P(P)P)P(P(P)P)P(P)P. The summed E-state index contributed by atoms with van der Waals surface area (Å²) in [5.41, 5.74) is 0. The smallest absolute Gasteiger partial charge is 0.00000876 e. The van der Waals surface area contributed by atoms with E-state index in [9.17, 15) is 0 Å². The lowest BCUT2D eigenvalue weighted by molar-refractivity contribution is 4.32. The third kappa shape index (κ3) is 34.2. The molecule has 0 heterocycles. The molecule has 39 unspecified atom stereocenters. The molecule has 410 valence electrons. The van der Waals surface area contributed by atoms with E-state index in [1.165, 1.54) is 0 Å². The van der Waals surface area contributed by atoms with Crippen molar-refractivity contribution in [3.63, 3.8) is 0 Å². The Morgan fingerprint density at radius 2 is 0.176 bits per heavy atom. The molecule has 0 saturated carbocycles. The maximum absolute atomic E-state index is 3.81. The highest BCUT2D eigenvalue weighted by atomic mass is 33.6. The lowest BCUT2D eigenvalue weighted by Crippen LogP contribution is -1.74. The van der Waals surface area contributed by atoms with E-state index in [4.69, 9.17) is 0 Å². The molecule has 0 aliphatic heterocycles.